The molecule has 3 rings (SSSR count). The summed E-state index contributed by atoms with van der Waals surface area (Å²) in [5, 5.41) is 2.10. The third-order valence-corrected chi connectivity index (χ3v) is 4.17. The second kappa shape index (κ2) is 5.72. The van der Waals surface area contributed by atoms with Gasteiger partial charge < -0.3 is 4.74 Å². The molecule has 0 unspecified atom stereocenters. The average Bonchev–Trinajstić information content (AvgIpc) is 2.49. The fourth-order valence-corrected chi connectivity index (χ4v) is 3.14. The van der Waals surface area contributed by atoms with Crippen LogP contribution in [0.2, 0.25) is 15.2 Å². The van der Waals surface area contributed by atoms with Gasteiger partial charge in [-0.2, -0.15) is 0 Å². The largest absolute Gasteiger partial charge is 0.495 e. The van der Waals surface area contributed by atoms with E-state index in [9.17, 15) is 0 Å². The molecule has 1 heterocycles. The SMILES string of the molecule is COc1cc2nc(Cl)c(-c3ccccc3)c(Cl)c2cc1Cl. The number of halogens is 3. The van der Waals surface area contributed by atoms with Gasteiger partial charge in [0, 0.05) is 17.0 Å². The summed E-state index contributed by atoms with van der Waals surface area (Å²) in [6, 6.07) is 13.1. The molecular weight excluding hydrogens is 329 g/mol. The minimum absolute atomic E-state index is 0.350. The van der Waals surface area contributed by atoms with E-state index < -0.39 is 0 Å². The van der Waals surface area contributed by atoms with E-state index >= 15 is 0 Å². The number of ether oxygens (including phenoxy) is 1. The van der Waals surface area contributed by atoms with Crippen LogP contribution in [0.5, 0.6) is 5.75 Å². The molecule has 0 saturated carbocycles. The zero-order valence-electron chi connectivity index (χ0n) is 11.0. The Hall–Kier alpha value is -1.48. The predicted octanol–water partition coefficient (Wildman–Crippen LogP) is 5.87. The summed E-state index contributed by atoms with van der Waals surface area (Å²) in [4.78, 5) is 4.40. The maximum absolute atomic E-state index is 6.52. The standard InChI is InChI=1S/C16H10Cl3NO/c1-21-13-8-12-10(7-11(13)17)15(18)14(16(19)20-12)9-5-3-2-4-6-9/h2-8H,1H3. The van der Waals surface area contributed by atoms with Crippen molar-refractivity contribution in [2.75, 3.05) is 7.11 Å². The molecule has 0 aliphatic carbocycles. The molecule has 21 heavy (non-hydrogen) atoms. The fourth-order valence-electron chi connectivity index (χ4n) is 2.20. The molecule has 106 valence electrons. The minimum Gasteiger partial charge on any atom is -0.495 e. The summed E-state index contributed by atoms with van der Waals surface area (Å²) in [5.74, 6) is 0.538. The zero-order chi connectivity index (χ0) is 15.0. The Labute approximate surface area is 137 Å². The van der Waals surface area contributed by atoms with Crippen LogP contribution in [0.4, 0.5) is 0 Å². The first-order valence-corrected chi connectivity index (χ1v) is 7.33. The molecule has 0 N–H and O–H groups in total. The number of nitrogens with zero attached hydrogens (tertiary/aromatic N) is 1. The number of methoxy groups -OCH3 is 1. The van der Waals surface area contributed by atoms with Crippen molar-refractivity contribution in [1.29, 1.82) is 0 Å². The van der Waals surface area contributed by atoms with E-state index in [2.05, 4.69) is 4.98 Å². The van der Waals surface area contributed by atoms with Crippen molar-refractivity contribution in [2.45, 2.75) is 0 Å². The molecule has 0 aliphatic heterocycles. The first kappa shape index (κ1) is 14.5. The molecule has 0 aliphatic rings. The molecule has 0 bridgehead atoms. The molecule has 0 radical (unpaired) electrons. The summed E-state index contributed by atoms with van der Waals surface area (Å²) in [6.07, 6.45) is 0. The number of aromatic nitrogens is 1. The maximum atomic E-state index is 6.52. The van der Waals surface area contributed by atoms with Crippen LogP contribution in [0, 0.1) is 0 Å². The van der Waals surface area contributed by atoms with Gasteiger partial charge in [0.15, 0.2) is 0 Å². The highest BCUT2D eigenvalue weighted by atomic mass is 35.5. The van der Waals surface area contributed by atoms with Crippen molar-refractivity contribution in [3.05, 3.63) is 57.7 Å². The van der Waals surface area contributed by atoms with Crippen LogP contribution in [-0.4, -0.2) is 12.1 Å². The van der Waals surface area contributed by atoms with Crippen LogP contribution in [0.15, 0.2) is 42.5 Å². The lowest BCUT2D eigenvalue weighted by Gasteiger charge is -2.11. The van der Waals surface area contributed by atoms with Gasteiger partial charge in [-0.25, -0.2) is 4.98 Å². The average molecular weight is 339 g/mol. The summed E-state index contributed by atoms with van der Waals surface area (Å²) in [7, 11) is 1.55. The quantitative estimate of drug-likeness (QED) is 0.545. The van der Waals surface area contributed by atoms with E-state index in [4.69, 9.17) is 39.5 Å². The number of fused-ring (bicyclic) bond motifs is 1. The predicted molar refractivity (Wildman–Crippen MR) is 88.8 cm³/mol. The topological polar surface area (TPSA) is 22.1 Å². The third kappa shape index (κ3) is 2.55. The number of pyridine rings is 1. The molecular formula is C16H10Cl3NO. The van der Waals surface area contributed by atoms with E-state index in [0.29, 0.717) is 32.0 Å². The van der Waals surface area contributed by atoms with Crippen molar-refractivity contribution in [1.82, 2.24) is 4.98 Å². The van der Waals surface area contributed by atoms with Crippen molar-refractivity contribution in [2.24, 2.45) is 0 Å². The van der Waals surface area contributed by atoms with Gasteiger partial charge in [-0.15, -0.1) is 0 Å². The van der Waals surface area contributed by atoms with Crippen molar-refractivity contribution in [3.8, 4) is 16.9 Å². The van der Waals surface area contributed by atoms with Crippen LogP contribution in [0.1, 0.15) is 0 Å². The normalized spacial score (nSPS) is 10.9. The Morgan fingerprint density at radius 3 is 2.38 bits per heavy atom. The van der Waals surface area contributed by atoms with Crippen LogP contribution < -0.4 is 4.74 Å². The molecule has 0 amide bonds. The van der Waals surface area contributed by atoms with Gasteiger partial charge in [0.2, 0.25) is 0 Å². The molecule has 2 nitrogen and oxygen atoms in total. The number of benzene rings is 2. The van der Waals surface area contributed by atoms with Crippen molar-refractivity contribution >= 4 is 45.7 Å². The highest BCUT2D eigenvalue weighted by molar-refractivity contribution is 6.42. The van der Waals surface area contributed by atoms with Crippen LogP contribution >= 0.6 is 34.8 Å². The summed E-state index contributed by atoms with van der Waals surface area (Å²) in [6.45, 7) is 0. The van der Waals surface area contributed by atoms with E-state index in [-0.39, 0.29) is 0 Å². The smallest absolute Gasteiger partial charge is 0.139 e. The summed E-state index contributed by atoms with van der Waals surface area (Å²) in [5.41, 5.74) is 2.26. The number of rotatable bonds is 2. The van der Waals surface area contributed by atoms with E-state index in [1.54, 1.807) is 19.2 Å². The molecule has 0 fully saturated rings. The summed E-state index contributed by atoms with van der Waals surface area (Å²) < 4.78 is 5.19. The molecule has 1 aromatic heterocycles. The Bertz CT molecular complexity index is 819. The molecule has 3 aromatic rings. The van der Waals surface area contributed by atoms with E-state index in [0.717, 1.165) is 10.9 Å². The fraction of sp³-hybridized carbons (Fsp3) is 0.0625. The van der Waals surface area contributed by atoms with Gasteiger partial charge in [0.05, 0.1) is 22.7 Å². The molecule has 0 spiro atoms. The Kier molecular flexibility index (Phi) is 3.94. The molecule has 0 atom stereocenters. The lowest BCUT2D eigenvalue weighted by atomic mass is 10.1. The molecule has 2 aromatic carbocycles. The van der Waals surface area contributed by atoms with E-state index in [1.165, 1.54) is 0 Å². The van der Waals surface area contributed by atoms with Gasteiger partial charge in [-0.3, -0.25) is 0 Å². The zero-order valence-corrected chi connectivity index (χ0v) is 13.3. The maximum Gasteiger partial charge on any atom is 0.139 e. The van der Waals surface area contributed by atoms with Crippen LogP contribution in [0.25, 0.3) is 22.0 Å². The van der Waals surface area contributed by atoms with Crippen LogP contribution in [-0.2, 0) is 0 Å². The second-order valence-electron chi connectivity index (χ2n) is 4.46. The van der Waals surface area contributed by atoms with Gasteiger partial charge in [0.1, 0.15) is 10.9 Å². The van der Waals surface area contributed by atoms with Gasteiger partial charge in [-0.1, -0.05) is 65.1 Å². The van der Waals surface area contributed by atoms with Gasteiger partial charge in [-0.05, 0) is 11.6 Å². The lowest BCUT2D eigenvalue weighted by Crippen LogP contribution is -1.91. The molecule has 0 saturated heterocycles. The Morgan fingerprint density at radius 1 is 1.00 bits per heavy atom. The number of hydrogen-bond donors (Lipinski definition) is 0. The highest BCUT2D eigenvalue weighted by Crippen LogP contribution is 2.40. The first-order valence-electron chi connectivity index (χ1n) is 6.19. The minimum atomic E-state index is 0.350. The lowest BCUT2D eigenvalue weighted by molar-refractivity contribution is 0.415. The van der Waals surface area contributed by atoms with Crippen molar-refractivity contribution in [3.63, 3.8) is 0 Å². The first-order chi connectivity index (χ1) is 10.1. The highest BCUT2D eigenvalue weighted by Gasteiger charge is 2.16. The summed E-state index contributed by atoms with van der Waals surface area (Å²) >= 11 is 19.0. The Balaban J connectivity index is 2.34. The number of hydrogen-bond acceptors (Lipinski definition) is 2. The van der Waals surface area contributed by atoms with Crippen LogP contribution in [0.3, 0.4) is 0 Å². The van der Waals surface area contributed by atoms with E-state index in [1.807, 2.05) is 30.3 Å². The van der Waals surface area contributed by atoms with Crippen molar-refractivity contribution < 1.29 is 4.74 Å². The Morgan fingerprint density at radius 2 is 1.71 bits per heavy atom. The monoisotopic (exact) mass is 337 g/mol. The third-order valence-electron chi connectivity index (χ3n) is 3.21. The molecule has 5 heteroatoms. The van der Waals surface area contributed by atoms with Gasteiger partial charge >= 0.3 is 0 Å². The second-order valence-corrected chi connectivity index (χ2v) is 5.60. The van der Waals surface area contributed by atoms with Gasteiger partial charge in [0.25, 0.3) is 0 Å².